The van der Waals surface area contributed by atoms with Crippen LogP contribution in [0.15, 0.2) is 4.99 Å². The summed E-state index contributed by atoms with van der Waals surface area (Å²) in [5.74, 6) is 1.07. The maximum absolute atomic E-state index is 11.5. The van der Waals surface area contributed by atoms with Gasteiger partial charge in [0.05, 0.1) is 19.8 Å². The molecule has 2 N–H and O–H groups in total. The highest BCUT2D eigenvalue weighted by Crippen LogP contribution is 2.26. The summed E-state index contributed by atoms with van der Waals surface area (Å²) >= 11 is 0. The molecule has 2 fully saturated rings. The number of rotatable bonds is 4. The number of carbonyl (C=O) groups excluding carboxylic acids is 1. The minimum atomic E-state index is 0. The molecule has 2 saturated heterocycles. The van der Waals surface area contributed by atoms with E-state index >= 15 is 0 Å². The Morgan fingerprint density at radius 3 is 2.76 bits per heavy atom. The van der Waals surface area contributed by atoms with Crippen LogP contribution in [0.4, 0.5) is 0 Å². The Labute approximate surface area is 144 Å². The van der Waals surface area contributed by atoms with Gasteiger partial charge in [0.15, 0.2) is 5.96 Å². The summed E-state index contributed by atoms with van der Waals surface area (Å²) in [7, 11) is 1.85. The standard InChI is InChI=1S/C14H26N4O2.HI/c1-4-15-13(16-8-14(2)9-20-10-14)17-11-5-6-12(19)18(3)7-11;/h11H,4-10H2,1-3H3,(H2,15,16,17);1H. The van der Waals surface area contributed by atoms with Crippen LogP contribution in [-0.2, 0) is 9.53 Å². The van der Waals surface area contributed by atoms with Crippen molar-refractivity contribution < 1.29 is 9.53 Å². The van der Waals surface area contributed by atoms with E-state index in [-0.39, 0.29) is 41.3 Å². The van der Waals surface area contributed by atoms with Crippen LogP contribution in [-0.4, -0.2) is 62.7 Å². The number of ether oxygens (including phenoxy) is 1. The quantitative estimate of drug-likeness (QED) is 0.409. The number of hydrogen-bond donors (Lipinski definition) is 2. The van der Waals surface area contributed by atoms with Crippen molar-refractivity contribution in [3.8, 4) is 0 Å². The van der Waals surface area contributed by atoms with Crippen molar-refractivity contribution >= 4 is 35.8 Å². The average molecular weight is 410 g/mol. The number of piperidine rings is 1. The number of guanidine groups is 1. The van der Waals surface area contributed by atoms with Crippen LogP contribution >= 0.6 is 24.0 Å². The number of halogens is 1. The first kappa shape index (κ1) is 18.5. The SMILES string of the molecule is CCNC(=NCC1(C)COC1)NC1CCC(=O)N(C)C1.I. The summed E-state index contributed by atoms with van der Waals surface area (Å²) < 4.78 is 5.25. The van der Waals surface area contributed by atoms with Crippen molar-refractivity contribution in [2.24, 2.45) is 10.4 Å². The maximum atomic E-state index is 11.5. The van der Waals surface area contributed by atoms with Crippen LogP contribution in [0.3, 0.4) is 0 Å². The molecule has 0 spiro atoms. The highest BCUT2D eigenvalue weighted by atomic mass is 127. The molecule has 122 valence electrons. The van der Waals surface area contributed by atoms with Crippen molar-refractivity contribution in [2.45, 2.75) is 32.7 Å². The van der Waals surface area contributed by atoms with Gasteiger partial charge in [0, 0.05) is 38.0 Å². The van der Waals surface area contributed by atoms with Crippen LogP contribution in [0.2, 0.25) is 0 Å². The highest BCUT2D eigenvalue weighted by molar-refractivity contribution is 14.0. The number of aliphatic imine (C=N–C) groups is 1. The summed E-state index contributed by atoms with van der Waals surface area (Å²) in [6, 6.07) is 0.279. The fraction of sp³-hybridized carbons (Fsp3) is 0.857. The normalized spacial score (nSPS) is 24.9. The Hall–Kier alpha value is -0.570. The molecule has 0 aliphatic carbocycles. The summed E-state index contributed by atoms with van der Waals surface area (Å²) in [5, 5.41) is 6.70. The molecular formula is C14H27IN4O2. The fourth-order valence-electron chi connectivity index (χ4n) is 2.46. The lowest BCUT2D eigenvalue weighted by molar-refractivity contribution is -0.132. The highest BCUT2D eigenvalue weighted by Gasteiger charge is 2.33. The van der Waals surface area contributed by atoms with Crippen molar-refractivity contribution in [1.29, 1.82) is 0 Å². The lowest BCUT2D eigenvalue weighted by Gasteiger charge is -2.37. The Morgan fingerprint density at radius 2 is 2.24 bits per heavy atom. The van der Waals surface area contributed by atoms with Gasteiger partial charge >= 0.3 is 0 Å². The van der Waals surface area contributed by atoms with Crippen molar-refractivity contribution in [3.05, 3.63) is 0 Å². The summed E-state index contributed by atoms with van der Waals surface area (Å²) in [5.41, 5.74) is 0.182. The number of amides is 1. The number of nitrogens with one attached hydrogen (secondary N) is 2. The number of likely N-dealkylation sites (tertiary alicyclic amines) is 1. The van der Waals surface area contributed by atoms with Gasteiger partial charge in [0.1, 0.15) is 0 Å². The summed E-state index contributed by atoms with van der Waals surface area (Å²) in [4.78, 5) is 17.9. The molecule has 7 heteroatoms. The van der Waals surface area contributed by atoms with Gasteiger partial charge < -0.3 is 20.3 Å². The Balaban J connectivity index is 0.00000220. The Kier molecular flexibility index (Phi) is 7.19. The molecule has 1 unspecified atom stereocenters. The van der Waals surface area contributed by atoms with Crippen LogP contribution in [0.1, 0.15) is 26.7 Å². The second kappa shape index (κ2) is 8.17. The van der Waals surface area contributed by atoms with Gasteiger partial charge in [0.25, 0.3) is 0 Å². The van der Waals surface area contributed by atoms with Crippen molar-refractivity contribution in [2.75, 3.05) is 39.9 Å². The number of carbonyl (C=O) groups is 1. The third kappa shape index (κ3) is 5.28. The van der Waals surface area contributed by atoms with E-state index in [1.807, 2.05) is 7.05 Å². The van der Waals surface area contributed by atoms with Crippen LogP contribution in [0.5, 0.6) is 0 Å². The number of nitrogens with zero attached hydrogens (tertiary/aromatic N) is 2. The molecule has 2 rings (SSSR count). The first-order chi connectivity index (χ1) is 9.52. The predicted octanol–water partition coefficient (Wildman–Crippen LogP) is 0.817. The van der Waals surface area contributed by atoms with Crippen molar-refractivity contribution in [3.63, 3.8) is 0 Å². The van der Waals surface area contributed by atoms with E-state index in [2.05, 4.69) is 29.5 Å². The monoisotopic (exact) mass is 410 g/mol. The molecule has 1 amide bonds. The van der Waals surface area contributed by atoms with Gasteiger partial charge in [-0.25, -0.2) is 0 Å². The molecule has 0 saturated carbocycles. The Bertz CT molecular complexity index is 385. The largest absolute Gasteiger partial charge is 0.380 e. The van der Waals surface area contributed by atoms with Gasteiger partial charge in [-0.1, -0.05) is 6.92 Å². The zero-order valence-electron chi connectivity index (χ0n) is 13.1. The zero-order valence-corrected chi connectivity index (χ0v) is 15.5. The first-order valence-corrected chi connectivity index (χ1v) is 7.39. The fourth-order valence-corrected chi connectivity index (χ4v) is 2.46. The van der Waals surface area contributed by atoms with E-state index in [0.29, 0.717) is 6.42 Å². The molecule has 2 aliphatic heterocycles. The molecule has 2 heterocycles. The van der Waals surface area contributed by atoms with Gasteiger partial charge in [-0.3, -0.25) is 9.79 Å². The topological polar surface area (TPSA) is 66.0 Å². The van der Waals surface area contributed by atoms with E-state index in [0.717, 1.165) is 45.2 Å². The van der Waals surface area contributed by atoms with Crippen LogP contribution in [0, 0.1) is 5.41 Å². The van der Waals surface area contributed by atoms with E-state index < -0.39 is 0 Å². The summed E-state index contributed by atoms with van der Waals surface area (Å²) in [6.45, 7) is 8.17. The van der Waals surface area contributed by atoms with Gasteiger partial charge in [-0.2, -0.15) is 0 Å². The van der Waals surface area contributed by atoms with Crippen molar-refractivity contribution in [1.82, 2.24) is 15.5 Å². The predicted molar refractivity (Wildman–Crippen MR) is 94.1 cm³/mol. The van der Waals surface area contributed by atoms with Gasteiger partial charge in [0.2, 0.25) is 5.91 Å². The minimum absolute atomic E-state index is 0. The first-order valence-electron chi connectivity index (χ1n) is 7.39. The second-order valence-electron chi connectivity index (χ2n) is 6.15. The number of hydrogen-bond acceptors (Lipinski definition) is 3. The minimum Gasteiger partial charge on any atom is -0.380 e. The molecule has 0 radical (unpaired) electrons. The summed E-state index contributed by atoms with van der Waals surface area (Å²) in [6.07, 6.45) is 1.48. The second-order valence-corrected chi connectivity index (χ2v) is 6.15. The van der Waals surface area contributed by atoms with Crippen LogP contribution < -0.4 is 10.6 Å². The molecular weight excluding hydrogens is 383 g/mol. The zero-order chi connectivity index (χ0) is 14.6. The molecule has 1 atom stereocenters. The van der Waals surface area contributed by atoms with Crippen LogP contribution in [0.25, 0.3) is 0 Å². The van der Waals surface area contributed by atoms with E-state index in [1.165, 1.54) is 0 Å². The van der Waals surface area contributed by atoms with E-state index in [1.54, 1.807) is 4.90 Å². The average Bonchev–Trinajstić information content (AvgIpc) is 2.38. The molecule has 6 nitrogen and oxygen atoms in total. The maximum Gasteiger partial charge on any atom is 0.222 e. The Morgan fingerprint density at radius 1 is 1.52 bits per heavy atom. The van der Waals surface area contributed by atoms with E-state index in [4.69, 9.17) is 4.74 Å². The van der Waals surface area contributed by atoms with Gasteiger partial charge in [-0.05, 0) is 13.3 Å². The smallest absolute Gasteiger partial charge is 0.222 e. The third-order valence-electron chi connectivity index (χ3n) is 3.83. The molecule has 0 bridgehead atoms. The van der Waals surface area contributed by atoms with Gasteiger partial charge in [-0.15, -0.1) is 24.0 Å². The molecule has 0 aromatic rings. The molecule has 0 aromatic carbocycles. The molecule has 21 heavy (non-hydrogen) atoms. The van der Waals surface area contributed by atoms with E-state index in [9.17, 15) is 4.79 Å². The molecule has 0 aromatic heterocycles. The lowest BCUT2D eigenvalue weighted by atomic mass is 9.89. The number of likely N-dealkylation sites (N-methyl/N-ethyl adjacent to an activating group) is 1. The lowest BCUT2D eigenvalue weighted by Crippen LogP contribution is -2.52. The third-order valence-corrected chi connectivity index (χ3v) is 3.83. The molecule has 2 aliphatic rings.